The van der Waals surface area contributed by atoms with Crippen molar-refractivity contribution in [1.29, 1.82) is 0 Å². The minimum Gasteiger partial charge on any atom is -0.484 e. The molecule has 0 aromatic heterocycles. The summed E-state index contributed by atoms with van der Waals surface area (Å²) in [6.07, 6.45) is 0.462. The summed E-state index contributed by atoms with van der Waals surface area (Å²) < 4.78 is 5.45. The Hall–Kier alpha value is -2.33. The molecule has 0 aliphatic heterocycles. The molecule has 0 saturated carbocycles. The summed E-state index contributed by atoms with van der Waals surface area (Å²) in [5.41, 5.74) is 1.57. The van der Waals surface area contributed by atoms with Crippen LogP contribution < -0.4 is 10.1 Å². The smallest absolute Gasteiger partial charge is 0.258 e. The van der Waals surface area contributed by atoms with Crippen LogP contribution in [0.1, 0.15) is 42.2 Å². The van der Waals surface area contributed by atoms with Gasteiger partial charge in [0.25, 0.3) is 5.91 Å². The van der Waals surface area contributed by atoms with Crippen LogP contribution in [0, 0.1) is 0 Å². The molecule has 0 bridgehead atoms. The number of nitrogens with one attached hydrogen (secondary N) is 1. The van der Waals surface area contributed by atoms with E-state index in [0.717, 1.165) is 5.56 Å². The summed E-state index contributed by atoms with van der Waals surface area (Å²) in [7, 11) is 0. The summed E-state index contributed by atoms with van der Waals surface area (Å²) >= 11 is 5.95. The Morgan fingerprint density at radius 3 is 2.50 bits per heavy atom. The summed E-state index contributed by atoms with van der Waals surface area (Å²) in [4.78, 5) is 23.5. The second-order valence-corrected chi connectivity index (χ2v) is 5.87. The second-order valence-electron chi connectivity index (χ2n) is 5.43. The SMILES string of the molecule is CCC(=O)c1ccc(OCC(=O)N[C@H](C)c2cccc(Cl)c2)cc1. The summed E-state index contributed by atoms with van der Waals surface area (Å²) in [5.74, 6) is 0.402. The number of ketones is 1. The van der Waals surface area contributed by atoms with Crippen molar-refractivity contribution < 1.29 is 14.3 Å². The summed E-state index contributed by atoms with van der Waals surface area (Å²) in [6.45, 7) is 3.61. The highest BCUT2D eigenvalue weighted by molar-refractivity contribution is 6.30. The normalized spacial score (nSPS) is 11.6. The molecular weight excluding hydrogens is 326 g/mol. The molecule has 1 amide bonds. The number of carbonyl (C=O) groups excluding carboxylic acids is 2. The van der Waals surface area contributed by atoms with Gasteiger partial charge in [-0.3, -0.25) is 9.59 Å². The Morgan fingerprint density at radius 2 is 1.88 bits per heavy atom. The maximum absolute atomic E-state index is 12.0. The minimum absolute atomic E-state index is 0.0784. The zero-order chi connectivity index (χ0) is 17.5. The first-order valence-corrected chi connectivity index (χ1v) is 8.18. The number of amides is 1. The van der Waals surface area contributed by atoms with Crippen molar-refractivity contribution in [2.24, 2.45) is 0 Å². The molecule has 4 nitrogen and oxygen atoms in total. The number of halogens is 1. The van der Waals surface area contributed by atoms with Crippen LogP contribution in [0.3, 0.4) is 0 Å². The fraction of sp³-hybridized carbons (Fsp3) is 0.263. The van der Waals surface area contributed by atoms with Crippen LogP contribution in [0.2, 0.25) is 5.02 Å². The zero-order valence-corrected chi connectivity index (χ0v) is 14.5. The molecule has 0 aliphatic carbocycles. The van der Waals surface area contributed by atoms with Gasteiger partial charge in [0, 0.05) is 17.0 Å². The van der Waals surface area contributed by atoms with Crippen molar-refractivity contribution in [3.05, 3.63) is 64.7 Å². The van der Waals surface area contributed by atoms with E-state index in [1.165, 1.54) is 0 Å². The van der Waals surface area contributed by atoms with Crippen LogP contribution in [-0.4, -0.2) is 18.3 Å². The van der Waals surface area contributed by atoms with Crippen LogP contribution >= 0.6 is 11.6 Å². The van der Waals surface area contributed by atoms with Crippen molar-refractivity contribution >= 4 is 23.3 Å². The van der Waals surface area contributed by atoms with E-state index in [0.29, 0.717) is 22.8 Å². The highest BCUT2D eigenvalue weighted by Crippen LogP contribution is 2.17. The molecule has 1 atom stereocenters. The maximum atomic E-state index is 12.0. The van der Waals surface area contributed by atoms with Gasteiger partial charge in [0.05, 0.1) is 6.04 Å². The van der Waals surface area contributed by atoms with Crippen LogP contribution in [-0.2, 0) is 4.79 Å². The molecule has 0 radical (unpaired) electrons. The molecule has 0 unspecified atom stereocenters. The number of ether oxygens (including phenoxy) is 1. The van der Waals surface area contributed by atoms with Gasteiger partial charge in [0.15, 0.2) is 12.4 Å². The fourth-order valence-electron chi connectivity index (χ4n) is 2.23. The lowest BCUT2D eigenvalue weighted by Gasteiger charge is -2.15. The second kappa shape index (κ2) is 8.50. The zero-order valence-electron chi connectivity index (χ0n) is 13.7. The average Bonchev–Trinajstić information content (AvgIpc) is 2.59. The molecule has 2 rings (SSSR count). The standard InChI is InChI=1S/C19H20ClNO3/c1-3-18(22)14-7-9-17(10-8-14)24-12-19(23)21-13(2)15-5-4-6-16(20)11-15/h4-11,13H,3,12H2,1-2H3,(H,21,23)/t13-/m1/s1. The van der Waals surface area contributed by atoms with Gasteiger partial charge in [-0.2, -0.15) is 0 Å². The first kappa shape index (κ1) is 18.0. The fourth-order valence-corrected chi connectivity index (χ4v) is 2.43. The first-order valence-electron chi connectivity index (χ1n) is 7.80. The molecule has 2 aromatic rings. The first-order chi connectivity index (χ1) is 11.5. The van der Waals surface area contributed by atoms with Gasteiger partial charge in [0.2, 0.25) is 0 Å². The summed E-state index contributed by atoms with van der Waals surface area (Å²) in [6, 6.07) is 14.0. The molecule has 0 saturated heterocycles. The number of hydrogen-bond donors (Lipinski definition) is 1. The highest BCUT2D eigenvalue weighted by Gasteiger charge is 2.11. The van der Waals surface area contributed by atoms with E-state index in [4.69, 9.17) is 16.3 Å². The monoisotopic (exact) mass is 345 g/mol. The lowest BCUT2D eigenvalue weighted by molar-refractivity contribution is -0.123. The lowest BCUT2D eigenvalue weighted by atomic mass is 10.1. The molecule has 0 heterocycles. The topological polar surface area (TPSA) is 55.4 Å². The van der Waals surface area contributed by atoms with E-state index >= 15 is 0 Å². The predicted octanol–water partition coefficient (Wildman–Crippen LogP) is 4.19. The van der Waals surface area contributed by atoms with Gasteiger partial charge in [-0.15, -0.1) is 0 Å². The molecule has 0 fully saturated rings. The molecule has 1 N–H and O–H groups in total. The lowest BCUT2D eigenvalue weighted by Crippen LogP contribution is -2.31. The van der Waals surface area contributed by atoms with Crippen molar-refractivity contribution in [3.63, 3.8) is 0 Å². The molecule has 5 heteroatoms. The van der Waals surface area contributed by atoms with Crippen molar-refractivity contribution in [2.45, 2.75) is 26.3 Å². The predicted molar refractivity (Wildman–Crippen MR) is 94.6 cm³/mol. The van der Waals surface area contributed by atoms with Crippen LogP contribution in [0.15, 0.2) is 48.5 Å². The van der Waals surface area contributed by atoms with E-state index in [1.54, 1.807) is 30.3 Å². The van der Waals surface area contributed by atoms with Gasteiger partial charge in [0.1, 0.15) is 5.75 Å². The Balaban J connectivity index is 1.85. The van der Waals surface area contributed by atoms with Gasteiger partial charge >= 0.3 is 0 Å². The summed E-state index contributed by atoms with van der Waals surface area (Å²) in [5, 5.41) is 3.49. The van der Waals surface area contributed by atoms with Crippen molar-refractivity contribution in [1.82, 2.24) is 5.32 Å². The Bertz CT molecular complexity index is 713. The van der Waals surface area contributed by atoms with E-state index in [2.05, 4.69) is 5.32 Å². The number of carbonyl (C=O) groups is 2. The van der Waals surface area contributed by atoms with Crippen LogP contribution in [0.4, 0.5) is 0 Å². The van der Waals surface area contributed by atoms with Gasteiger partial charge < -0.3 is 10.1 Å². The highest BCUT2D eigenvalue weighted by atomic mass is 35.5. The maximum Gasteiger partial charge on any atom is 0.258 e. The molecular formula is C19H20ClNO3. The number of rotatable bonds is 7. The van der Waals surface area contributed by atoms with Crippen molar-refractivity contribution in [3.8, 4) is 5.75 Å². The average molecular weight is 346 g/mol. The third-order valence-electron chi connectivity index (χ3n) is 3.59. The number of Topliss-reactive ketones (excluding diaryl/α,β-unsaturated/α-hetero) is 1. The molecule has 126 valence electrons. The molecule has 0 aliphatic rings. The number of hydrogen-bond acceptors (Lipinski definition) is 3. The third kappa shape index (κ3) is 5.10. The quantitative estimate of drug-likeness (QED) is 0.765. The van der Waals surface area contributed by atoms with E-state index in [1.807, 2.05) is 32.0 Å². The van der Waals surface area contributed by atoms with Crippen LogP contribution in [0.25, 0.3) is 0 Å². The molecule has 0 spiro atoms. The van der Waals surface area contributed by atoms with E-state index in [9.17, 15) is 9.59 Å². The third-order valence-corrected chi connectivity index (χ3v) is 3.83. The van der Waals surface area contributed by atoms with E-state index < -0.39 is 0 Å². The Kier molecular flexibility index (Phi) is 6.38. The molecule has 2 aromatic carbocycles. The van der Waals surface area contributed by atoms with Gasteiger partial charge in [-0.05, 0) is 48.9 Å². The largest absolute Gasteiger partial charge is 0.484 e. The van der Waals surface area contributed by atoms with Crippen LogP contribution in [0.5, 0.6) is 5.75 Å². The number of benzene rings is 2. The molecule has 24 heavy (non-hydrogen) atoms. The van der Waals surface area contributed by atoms with Gasteiger partial charge in [-0.25, -0.2) is 0 Å². The Labute approximate surface area is 146 Å². The van der Waals surface area contributed by atoms with E-state index in [-0.39, 0.29) is 24.3 Å². The Morgan fingerprint density at radius 1 is 1.17 bits per heavy atom. The van der Waals surface area contributed by atoms with Crippen molar-refractivity contribution in [2.75, 3.05) is 6.61 Å². The van der Waals surface area contributed by atoms with Gasteiger partial charge in [-0.1, -0.05) is 30.7 Å². The minimum atomic E-state index is -0.226.